The molecule has 12 nitrogen and oxygen atoms in total. The van der Waals surface area contributed by atoms with Gasteiger partial charge in [-0.25, -0.2) is 4.39 Å². The highest BCUT2D eigenvalue weighted by Crippen LogP contribution is 2.46. The van der Waals surface area contributed by atoms with Crippen molar-refractivity contribution in [3.63, 3.8) is 0 Å². The Labute approximate surface area is 274 Å². The maximum absolute atomic E-state index is 14.6. The maximum Gasteiger partial charge on any atom is 0.318 e. The number of carbonyl (C=O) groups is 1. The van der Waals surface area contributed by atoms with E-state index in [9.17, 15) is 9.18 Å². The average molecular weight is 647 g/mol. The lowest BCUT2D eigenvalue weighted by molar-refractivity contribution is -0.148. The fraction of sp³-hybridized carbons (Fsp3) is 0.588. The van der Waals surface area contributed by atoms with E-state index in [4.69, 9.17) is 29.9 Å². The molecule has 250 valence electrons. The highest BCUT2D eigenvalue weighted by Gasteiger charge is 2.50. The van der Waals surface area contributed by atoms with Gasteiger partial charge in [-0.1, -0.05) is 6.07 Å². The van der Waals surface area contributed by atoms with Gasteiger partial charge in [0.05, 0.1) is 42.8 Å². The fourth-order valence-electron chi connectivity index (χ4n) is 8.29. The molecule has 5 aliphatic rings. The van der Waals surface area contributed by atoms with Crippen molar-refractivity contribution in [1.82, 2.24) is 29.5 Å². The number of nitrogens with two attached hydrogens (primary N) is 1. The molecule has 5 aliphatic heterocycles. The number of aryl methyl sites for hydroxylation is 1. The molecule has 4 atom stereocenters. The van der Waals surface area contributed by atoms with Crippen molar-refractivity contribution >= 4 is 17.4 Å². The van der Waals surface area contributed by atoms with Crippen molar-refractivity contribution in [2.24, 2.45) is 0 Å². The van der Waals surface area contributed by atoms with Gasteiger partial charge < -0.3 is 29.7 Å². The van der Waals surface area contributed by atoms with Gasteiger partial charge in [-0.2, -0.15) is 15.1 Å². The van der Waals surface area contributed by atoms with Crippen molar-refractivity contribution < 1.29 is 23.4 Å². The normalized spacial score (nSPS) is 28.4. The third-order valence-electron chi connectivity index (χ3n) is 10.7. The molecule has 3 aromatic rings. The molecule has 7 heterocycles. The van der Waals surface area contributed by atoms with Gasteiger partial charge in [-0.05, 0) is 62.1 Å². The van der Waals surface area contributed by atoms with Crippen molar-refractivity contribution in [2.45, 2.75) is 82.1 Å². The smallest absolute Gasteiger partial charge is 0.318 e. The first-order valence-electron chi connectivity index (χ1n) is 16.7. The van der Waals surface area contributed by atoms with E-state index in [2.05, 4.69) is 14.9 Å². The Morgan fingerprint density at radius 1 is 1.19 bits per heavy atom. The van der Waals surface area contributed by atoms with E-state index in [0.717, 1.165) is 66.2 Å². The summed E-state index contributed by atoms with van der Waals surface area (Å²) in [4.78, 5) is 28.8. The molecule has 47 heavy (non-hydrogen) atoms. The van der Waals surface area contributed by atoms with E-state index >= 15 is 0 Å². The Bertz CT molecular complexity index is 1720. The van der Waals surface area contributed by atoms with Gasteiger partial charge in [-0.15, -0.1) is 0 Å². The molecular formula is C34H43FN8O4. The van der Waals surface area contributed by atoms with E-state index in [1.807, 2.05) is 35.9 Å². The standard InChI is InChI=1S/C34H43FN8O4/c1-21-25-7-6-23(36)12-27(25)34(20-45-21)15-29-26(18-47-34)30(38-32(37-29)46-19-33-8-4-10-42(33)16-22(35)14-33)41-9-5-11-43-24(17-41)13-28(39-43)31(44)40(2)3/h6-7,12-13,21-22H,4-5,8-11,14-20,36H2,1-3H3/t21-,22-,33+,34-/m1/s1. The lowest BCUT2D eigenvalue weighted by atomic mass is 9.80. The van der Waals surface area contributed by atoms with Crippen LogP contribution >= 0.6 is 0 Å². The summed E-state index contributed by atoms with van der Waals surface area (Å²) in [7, 11) is 3.46. The fourth-order valence-corrected chi connectivity index (χ4v) is 8.29. The molecule has 1 aromatic carbocycles. The van der Waals surface area contributed by atoms with E-state index in [1.165, 1.54) is 0 Å². The monoisotopic (exact) mass is 646 g/mol. The van der Waals surface area contributed by atoms with Crippen molar-refractivity contribution in [2.75, 3.05) is 57.6 Å². The number of aromatic nitrogens is 4. The maximum atomic E-state index is 14.6. The van der Waals surface area contributed by atoms with Crippen LogP contribution in [0.2, 0.25) is 0 Å². The number of alkyl halides is 1. The number of amides is 1. The first kappa shape index (κ1) is 30.5. The zero-order chi connectivity index (χ0) is 32.5. The molecule has 13 heteroatoms. The number of carbonyl (C=O) groups excluding carboxylic acids is 1. The van der Waals surface area contributed by atoms with Crippen LogP contribution in [0.1, 0.15) is 77.3 Å². The van der Waals surface area contributed by atoms with E-state index in [1.54, 1.807) is 19.0 Å². The third kappa shape index (κ3) is 5.23. The summed E-state index contributed by atoms with van der Waals surface area (Å²) in [5, 5.41) is 4.62. The number of halogens is 1. The van der Waals surface area contributed by atoms with Gasteiger partial charge in [0.1, 0.15) is 24.2 Å². The Kier molecular flexibility index (Phi) is 7.41. The van der Waals surface area contributed by atoms with Crippen LogP contribution < -0.4 is 15.4 Å². The van der Waals surface area contributed by atoms with Crippen molar-refractivity contribution in [3.05, 3.63) is 58.0 Å². The Hall–Kier alpha value is -3.81. The summed E-state index contributed by atoms with van der Waals surface area (Å²) >= 11 is 0. The van der Waals surface area contributed by atoms with Crippen LogP contribution in [-0.4, -0.2) is 94.1 Å². The topological polar surface area (TPSA) is 124 Å². The minimum atomic E-state index is -0.844. The summed E-state index contributed by atoms with van der Waals surface area (Å²) in [6.07, 6.45) is 2.77. The SMILES string of the molecule is C[C@H]1OC[C@]2(Cc3nc(OC[C@@]45CCCN4C[C@H](F)C5)nc(N4CCCn5nc(C(=O)N(C)C)cc5C4)c3CO2)c2cc(N)ccc21. The molecule has 0 radical (unpaired) electrons. The Balaban J connectivity index is 1.17. The van der Waals surface area contributed by atoms with Gasteiger partial charge in [0.15, 0.2) is 5.69 Å². The molecule has 1 amide bonds. The van der Waals surface area contributed by atoms with Gasteiger partial charge in [0.25, 0.3) is 5.91 Å². The molecule has 0 bridgehead atoms. The molecule has 1 spiro atoms. The molecule has 2 saturated heterocycles. The molecule has 2 N–H and O–H groups in total. The van der Waals surface area contributed by atoms with Gasteiger partial charge >= 0.3 is 6.01 Å². The van der Waals surface area contributed by atoms with Crippen LogP contribution in [0.3, 0.4) is 0 Å². The second-order valence-electron chi connectivity index (χ2n) is 14.1. The van der Waals surface area contributed by atoms with Crippen LogP contribution in [0.5, 0.6) is 6.01 Å². The van der Waals surface area contributed by atoms with Crippen molar-refractivity contribution in [3.8, 4) is 6.01 Å². The van der Waals surface area contributed by atoms with E-state index in [0.29, 0.717) is 63.1 Å². The number of nitrogen functional groups attached to an aromatic ring is 1. The largest absolute Gasteiger partial charge is 0.461 e. The average Bonchev–Trinajstić information content (AvgIpc) is 3.68. The second kappa shape index (κ2) is 11.4. The summed E-state index contributed by atoms with van der Waals surface area (Å²) in [5.41, 5.74) is 11.1. The number of nitrogens with zero attached hydrogens (tertiary/aromatic N) is 7. The number of hydrogen-bond acceptors (Lipinski definition) is 10. The number of anilines is 2. The predicted octanol–water partition coefficient (Wildman–Crippen LogP) is 3.38. The molecule has 2 aromatic heterocycles. The lowest BCUT2D eigenvalue weighted by Crippen LogP contribution is -2.45. The predicted molar refractivity (Wildman–Crippen MR) is 172 cm³/mol. The van der Waals surface area contributed by atoms with Gasteiger partial charge in [0.2, 0.25) is 0 Å². The Morgan fingerprint density at radius 2 is 2.06 bits per heavy atom. The van der Waals surface area contributed by atoms with Gasteiger partial charge in [0, 0.05) is 57.8 Å². The Morgan fingerprint density at radius 3 is 2.91 bits per heavy atom. The molecule has 0 aliphatic carbocycles. The summed E-state index contributed by atoms with van der Waals surface area (Å²) < 4.78 is 36.0. The number of benzene rings is 1. The third-order valence-corrected chi connectivity index (χ3v) is 10.7. The van der Waals surface area contributed by atoms with Crippen LogP contribution in [0, 0.1) is 0 Å². The number of ether oxygens (including phenoxy) is 3. The number of fused-ring (bicyclic) bond motifs is 5. The summed E-state index contributed by atoms with van der Waals surface area (Å²) in [5.74, 6) is 0.627. The molecule has 8 rings (SSSR count). The molecular weight excluding hydrogens is 603 g/mol. The van der Waals surface area contributed by atoms with Crippen LogP contribution in [-0.2, 0) is 41.2 Å². The molecule has 0 unspecified atom stereocenters. The van der Waals surface area contributed by atoms with Gasteiger partial charge in [-0.3, -0.25) is 14.4 Å². The summed E-state index contributed by atoms with van der Waals surface area (Å²) in [6, 6.07) is 8.10. The van der Waals surface area contributed by atoms with Crippen LogP contribution in [0.15, 0.2) is 24.3 Å². The summed E-state index contributed by atoms with van der Waals surface area (Å²) in [6.45, 7) is 6.34. The van der Waals surface area contributed by atoms with Crippen molar-refractivity contribution in [1.29, 1.82) is 0 Å². The minimum Gasteiger partial charge on any atom is -0.461 e. The first-order valence-corrected chi connectivity index (χ1v) is 16.7. The second-order valence-corrected chi connectivity index (χ2v) is 14.1. The molecule has 0 saturated carbocycles. The van der Waals surface area contributed by atoms with Crippen LogP contribution in [0.4, 0.5) is 15.9 Å². The highest BCUT2D eigenvalue weighted by atomic mass is 19.1. The highest BCUT2D eigenvalue weighted by molar-refractivity contribution is 5.92. The quantitative estimate of drug-likeness (QED) is 0.413. The van der Waals surface area contributed by atoms with E-state index < -0.39 is 11.8 Å². The number of hydrogen-bond donors (Lipinski definition) is 1. The zero-order valence-corrected chi connectivity index (χ0v) is 27.4. The lowest BCUT2D eigenvalue weighted by Gasteiger charge is -2.44. The zero-order valence-electron chi connectivity index (χ0n) is 27.4. The molecule has 2 fully saturated rings. The van der Waals surface area contributed by atoms with E-state index in [-0.39, 0.29) is 24.2 Å². The number of rotatable bonds is 5. The minimum absolute atomic E-state index is 0.0772. The first-order chi connectivity index (χ1) is 22.6. The van der Waals surface area contributed by atoms with Crippen LogP contribution in [0.25, 0.3) is 0 Å².